The van der Waals surface area contributed by atoms with Crippen molar-refractivity contribution in [3.63, 3.8) is 0 Å². The van der Waals surface area contributed by atoms with Gasteiger partial charge >= 0.3 is 0 Å². The third kappa shape index (κ3) is 6.46. The average Bonchev–Trinajstić information content (AvgIpc) is 2.90. The highest BCUT2D eigenvalue weighted by Crippen LogP contribution is 2.13. The van der Waals surface area contributed by atoms with Crippen molar-refractivity contribution in [1.82, 2.24) is 15.5 Å². The van der Waals surface area contributed by atoms with Gasteiger partial charge in [-0.15, -0.1) is 10.2 Å². The fourth-order valence-corrected chi connectivity index (χ4v) is 1.88. The Morgan fingerprint density at radius 2 is 2.11 bits per heavy atom. The minimum absolute atomic E-state index is 0.181. The Morgan fingerprint density at radius 1 is 1.26 bits per heavy atom. The normalized spacial score (nSPS) is 10.4. The molecule has 7 nitrogen and oxygen atoms in total. The molecule has 1 rings (SSSR count). The van der Waals surface area contributed by atoms with Gasteiger partial charge in [0.25, 0.3) is 5.91 Å². The number of amides is 1. The van der Waals surface area contributed by atoms with Crippen molar-refractivity contribution < 1.29 is 14.3 Å². The Morgan fingerprint density at radius 3 is 2.79 bits per heavy atom. The van der Waals surface area contributed by atoms with E-state index in [4.69, 9.17) is 9.47 Å². The van der Waals surface area contributed by atoms with Gasteiger partial charge in [0.05, 0.1) is 13.2 Å². The smallest absolute Gasteiger partial charge is 0.282 e. The SMILES string of the molecule is CNc1nnc(C(=O)NCCCCOCCOC)s1. The quantitative estimate of drug-likeness (QED) is 0.618. The number of anilines is 1. The molecule has 8 heteroatoms. The molecule has 0 aliphatic carbocycles. The number of hydrogen-bond acceptors (Lipinski definition) is 7. The molecule has 0 saturated heterocycles. The molecule has 1 aromatic rings. The molecule has 0 aromatic carbocycles. The fraction of sp³-hybridized carbons (Fsp3) is 0.727. The molecular weight excluding hydrogens is 268 g/mol. The zero-order chi connectivity index (χ0) is 13.9. The summed E-state index contributed by atoms with van der Waals surface area (Å²) in [4.78, 5) is 11.7. The molecule has 0 saturated carbocycles. The van der Waals surface area contributed by atoms with Gasteiger partial charge in [0.2, 0.25) is 10.1 Å². The summed E-state index contributed by atoms with van der Waals surface area (Å²) >= 11 is 1.23. The number of carbonyl (C=O) groups excluding carboxylic acids is 1. The van der Waals surface area contributed by atoms with Crippen LogP contribution in [-0.2, 0) is 9.47 Å². The summed E-state index contributed by atoms with van der Waals surface area (Å²) in [6.45, 7) is 2.52. The number of unbranched alkanes of at least 4 members (excludes halogenated alkanes) is 1. The number of ether oxygens (including phenoxy) is 2. The predicted molar refractivity (Wildman–Crippen MR) is 73.7 cm³/mol. The van der Waals surface area contributed by atoms with Gasteiger partial charge in [-0.25, -0.2) is 0 Å². The van der Waals surface area contributed by atoms with Gasteiger partial charge < -0.3 is 20.1 Å². The first-order chi connectivity index (χ1) is 9.27. The number of methoxy groups -OCH3 is 1. The molecule has 0 aliphatic rings. The van der Waals surface area contributed by atoms with E-state index in [9.17, 15) is 4.79 Å². The number of aromatic nitrogens is 2. The molecule has 0 spiro atoms. The second-order valence-electron chi connectivity index (χ2n) is 3.73. The van der Waals surface area contributed by atoms with Crippen molar-refractivity contribution in [3.05, 3.63) is 5.01 Å². The standard InChI is InChI=1S/C11H20N4O3S/c1-12-11-15-14-10(19-11)9(16)13-5-3-4-6-18-8-7-17-2/h3-8H2,1-2H3,(H,12,15)(H,13,16). The van der Waals surface area contributed by atoms with E-state index in [1.807, 2.05) is 0 Å². The van der Waals surface area contributed by atoms with Crippen LogP contribution >= 0.6 is 11.3 Å². The van der Waals surface area contributed by atoms with E-state index in [2.05, 4.69) is 20.8 Å². The molecule has 19 heavy (non-hydrogen) atoms. The topological polar surface area (TPSA) is 85.4 Å². The number of carbonyl (C=O) groups is 1. The highest BCUT2D eigenvalue weighted by Gasteiger charge is 2.10. The van der Waals surface area contributed by atoms with Crippen molar-refractivity contribution in [2.75, 3.05) is 45.8 Å². The summed E-state index contributed by atoms with van der Waals surface area (Å²) in [7, 11) is 3.39. The van der Waals surface area contributed by atoms with Gasteiger partial charge in [-0.05, 0) is 12.8 Å². The Kier molecular flexibility index (Phi) is 8.03. The second-order valence-corrected chi connectivity index (χ2v) is 4.71. The summed E-state index contributed by atoms with van der Waals surface area (Å²) in [5, 5.41) is 14.2. The van der Waals surface area contributed by atoms with Gasteiger partial charge in [-0.1, -0.05) is 11.3 Å². The lowest BCUT2D eigenvalue weighted by atomic mass is 10.3. The average molecular weight is 288 g/mol. The van der Waals surface area contributed by atoms with Crippen LogP contribution in [-0.4, -0.2) is 56.6 Å². The van der Waals surface area contributed by atoms with Crippen LogP contribution < -0.4 is 10.6 Å². The monoisotopic (exact) mass is 288 g/mol. The van der Waals surface area contributed by atoms with E-state index >= 15 is 0 Å². The van der Waals surface area contributed by atoms with Crippen LogP contribution in [0.4, 0.5) is 5.13 Å². The van der Waals surface area contributed by atoms with Crippen molar-refractivity contribution in [1.29, 1.82) is 0 Å². The van der Waals surface area contributed by atoms with Gasteiger partial charge in [-0.3, -0.25) is 4.79 Å². The number of nitrogens with one attached hydrogen (secondary N) is 2. The Labute approximate surface area is 116 Å². The third-order valence-corrected chi connectivity index (χ3v) is 3.21. The molecule has 0 radical (unpaired) electrons. The van der Waals surface area contributed by atoms with Gasteiger partial charge in [0, 0.05) is 27.3 Å². The zero-order valence-corrected chi connectivity index (χ0v) is 12.1. The molecule has 1 heterocycles. The predicted octanol–water partition coefficient (Wildman–Crippen LogP) is 0.753. The molecular formula is C11H20N4O3S. The van der Waals surface area contributed by atoms with E-state index in [0.29, 0.717) is 36.5 Å². The first-order valence-corrected chi connectivity index (χ1v) is 6.95. The summed E-state index contributed by atoms with van der Waals surface area (Å²) in [6.07, 6.45) is 1.78. The van der Waals surface area contributed by atoms with Crippen LogP contribution in [0.1, 0.15) is 22.6 Å². The number of hydrogen-bond donors (Lipinski definition) is 2. The summed E-state index contributed by atoms with van der Waals surface area (Å²) in [5.41, 5.74) is 0. The first-order valence-electron chi connectivity index (χ1n) is 6.14. The van der Waals surface area contributed by atoms with Gasteiger partial charge in [-0.2, -0.15) is 0 Å². The lowest BCUT2D eigenvalue weighted by molar-refractivity contribution is 0.0686. The minimum Gasteiger partial charge on any atom is -0.382 e. The van der Waals surface area contributed by atoms with E-state index in [0.717, 1.165) is 12.8 Å². The van der Waals surface area contributed by atoms with Crippen LogP contribution in [0.3, 0.4) is 0 Å². The van der Waals surface area contributed by atoms with Crippen molar-refractivity contribution >= 4 is 22.4 Å². The van der Waals surface area contributed by atoms with E-state index in [1.54, 1.807) is 14.2 Å². The lowest BCUT2D eigenvalue weighted by Crippen LogP contribution is -2.24. The fourth-order valence-electron chi connectivity index (χ4n) is 1.27. The first kappa shape index (κ1) is 15.8. The second kappa shape index (κ2) is 9.65. The highest BCUT2D eigenvalue weighted by atomic mass is 32.1. The van der Waals surface area contributed by atoms with E-state index < -0.39 is 0 Å². The minimum atomic E-state index is -0.181. The molecule has 0 atom stereocenters. The van der Waals surface area contributed by atoms with Crippen molar-refractivity contribution in [2.24, 2.45) is 0 Å². The Balaban J connectivity index is 2.04. The molecule has 1 amide bonds. The Bertz CT molecular complexity index is 373. The molecule has 0 fully saturated rings. The molecule has 2 N–H and O–H groups in total. The van der Waals surface area contributed by atoms with E-state index in [1.165, 1.54) is 11.3 Å². The molecule has 0 unspecified atom stereocenters. The lowest BCUT2D eigenvalue weighted by Gasteiger charge is -2.04. The maximum absolute atomic E-state index is 11.7. The number of nitrogens with zero attached hydrogens (tertiary/aromatic N) is 2. The van der Waals surface area contributed by atoms with Crippen molar-refractivity contribution in [2.45, 2.75) is 12.8 Å². The highest BCUT2D eigenvalue weighted by molar-refractivity contribution is 7.17. The van der Waals surface area contributed by atoms with Crippen LogP contribution in [0.25, 0.3) is 0 Å². The molecule has 1 aromatic heterocycles. The summed E-state index contributed by atoms with van der Waals surface area (Å²) in [6, 6.07) is 0. The zero-order valence-electron chi connectivity index (χ0n) is 11.3. The van der Waals surface area contributed by atoms with Gasteiger partial charge in [0.15, 0.2) is 0 Å². The Hall–Kier alpha value is -1.25. The van der Waals surface area contributed by atoms with Crippen LogP contribution in [0, 0.1) is 0 Å². The molecule has 108 valence electrons. The van der Waals surface area contributed by atoms with Crippen LogP contribution in [0.5, 0.6) is 0 Å². The molecule has 0 aliphatic heterocycles. The van der Waals surface area contributed by atoms with Crippen LogP contribution in [0.15, 0.2) is 0 Å². The largest absolute Gasteiger partial charge is 0.382 e. The van der Waals surface area contributed by atoms with Crippen LogP contribution in [0.2, 0.25) is 0 Å². The maximum Gasteiger partial charge on any atom is 0.282 e. The third-order valence-electron chi connectivity index (χ3n) is 2.27. The summed E-state index contributed by atoms with van der Waals surface area (Å²) < 4.78 is 10.2. The van der Waals surface area contributed by atoms with E-state index in [-0.39, 0.29) is 5.91 Å². The number of rotatable bonds is 10. The summed E-state index contributed by atoms with van der Waals surface area (Å²) in [5.74, 6) is -0.181. The van der Waals surface area contributed by atoms with Crippen molar-refractivity contribution in [3.8, 4) is 0 Å². The molecule has 0 bridgehead atoms. The van der Waals surface area contributed by atoms with Gasteiger partial charge in [0.1, 0.15) is 0 Å². The maximum atomic E-state index is 11.7.